The van der Waals surface area contributed by atoms with Crippen molar-refractivity contribution in [2.75, 3.05) is 0 Å². The number of hydrogen-bond acceptors (Lipinski definition) is 4. The molecule has 7 heteroatoms. The molecule has 0 spiro atoms. The van der Waals surface area contributed by atoms with Gasteiger partial charge in [-0.15, -0.1) is 0 Å². The van der Waals surface area contributed by atoms with Gasteiger partial charge in [0.1, 0.15) is 0 Å². The van der Waals surface area contributed by atoms with Crippen molar-refractivity contribution in [2.45, 2.75) is 24.9 Å². The molecule has 0 aliphatic heterocycles. The van der Waals surface area contributed by atoms with Crippen LogP contribution in [0.1, 0.15) is 19.8 Å². The zero-order chi connectivity index (χ0) is 8.41. The van der Waals surface area contributed by atoms with Gasteiger partial charge in [-0.2, -0.15) is 8.42 Å². The van der Waals surface area contributed by atoms with E-state index >= 15 is 0 Å². The van der Waals surface area contributed by atoms with Crippen LogP contribution in [0.15, 0.2) is 0 Å². The molecule has 5 nitrogen and oxygen atoms in total. The van der Waals surface area contributed by atoms with Gasteiger partial charge in [0.15, 0.2) is 0 Å². The van der Waals surface area contributed by atoms with Crippen LogP contribution in [0.25, 0.3) is 0 Å². The molecule has 0 bridgehead atoms. The molecule has 0 atom stereocenters. The van der Waals surface area contributed by atoms with Crippen LogP contribution in [0.4, 0.5) is 0 Å². The second-order valence-electron chi connectivity index (χ2n) is 1.97. The van der Waals surface area contributed by atoms with Crippen molar-refractivity contribution in [3.63, 3.8) is 0 Å². The van der Waals surface area contributed by atoms with E-state index < -0.39 is 21.7 Å². The van der Waals surface area contributed by atoms with Crippen LogP contribution in [0.3, 0.4) is 0 Å². The number of rotatable bonds is 3. The molecule has 0 aliphatic rings. The van der Waals surface area contributed by atoms with Crippen molar-refractivity contribution >= 4 is 39.7 Å². The van der Waals surface area contributed by atoms with Gasteiger partial charge in [0.25, 0.3) is 5.12 Å². The zero-order valence-electron chi connectivity index (χ0n) is 5.48. The Morgan fingerprint density at radius 2 is 1.73 bits per heavy atom. The van der Waals surface area contributed by atoms with Crippen molar-refractivity contribution < 1.29 is 23.2 Å². The van der Waals surface area contributed by atoms with Gasteiger partial charge in [-0.05, 0) is 6.42 Å². The van der Waals surface area contributed by atoms with Crippen LogP contribution in [0.5, 0.6) is 0 Å². The summed E-state index contributed by atoms with van der Waals surface area (Å²) in [6.45, 7) is 1.56. The van der Waals surface area contributed by atoms with Gasteiger partial charge in [-0.1, -0.05) is 6.92 Å². The zero-order valence-corrected chi connectivity index (χ0v) is 6.30. The predicted molar refractivity (Wildman–Crippen MR) is 40.8 cm³/mol. The molecule has 0 rings (SSSR count). The van der Waals surface area contributed by atoms with Gasteiger partial charge in [0.05, 0.1) is 0 Å². The summed E-state index contributed by atoms with van der Waals surface area (Å²) in [7, 11) is -4.75. The summed E-state index contributed by atoms with van der Waals surface area (Å²) < 4.78 is 28.3. The third kappa shape index (κ3) is 4.41. The monoisotopic (exact) mass is 194 g/mol. The van der Waals surface area contributed by atoms with E-state index in [9.17, 15) is 8.42 Å². The van der Waals surface area contributed by atoms with Crippen molar-refractivity contribution in [1.29, 1.82) is 0 Å². The first-order valence-corrected chi connectivity index (χ1v) is 4.17. The van der Waals surface area contributed by atoms with Crippen LogP contribution in [-0.2, 0) is 10.1 Å². The van der Waals surface area contributed by atoms with Gasteiger partial charge in [-0.3, -0.25) is 4.55 Å². The fourth-order valence-corrected chi connectivity index (χ4v) is 0.917. The van der Waals surface area contributed by atoms with E-state index in [0.29, 0.717) is 0 Å². The van der Waals surface area contributed by atoms with Crippen LogP contribution >= 0.6 is 0 Å². The molecule has 64 valence electrons. The van der Waals surface area contributed by atoms with Crippen molar-refractivity contribution in [1.82, 2.24) is 0 Å². The second-order valence-corrected chi connectivity index (χ2v) is 3.57. The van der Waals surface area contributed by atoms with Crippen molar-refractivity contribution in [3.05, 3.63) is 0 Å². The second kappa shape index (κ2) is 4.76. The molecule has 11 heavy (non-hydrogen) atoms. The van der Waals surface area contributed by atoms with Gasteiger partial charge in [0, 0.05) is 6.42 Å². The van der Waals surface area contributed by atoms with E-state index in [1.54, 1.807) is 6.92 Å². The topological polar surface area (TPSA) is 94.8 Å². The van der Waals surface area contributed by atoms with Gasteiger partial charge in [0.2, 0.25) is 0 Å². The fourth-order valence-electron chi connectivity index (χ4n) is 0.455. The summed E-state index contributed by atoms with van der Waals surface area (Å²) in [4.78, 5) is 0. The SMILES string of the molecule is CCCC(O)(O)S(=O)(=O)O.[NaH]. The summed E-state index contributed by atoms with van der Waals surface area (Å²) in [6, 6.07) is 0. The minimum absolute atomic E-state index is 0. The fraction of sp³-hybridized carbons (Fsp3) is 1.00. The van der Waals surface area contributed by atoms with Crippen molar-refractivity contribution in [2.24, 2.45) is 0 Å². The number of hydrogen-bond donors (Lipinski definition) is 3. The van der Waals surface area contributed by atoms with Crippen LogP contribution < -0.4 is 0 Å². The normalized spacial score (nSPS) is 12.4. The first kappa shape index (κ1) is 14.4. The van der Waals surface area contributed by atoms with E-state index in [2.05, 4.69) is 0 Å². The molecular weight excluding hydrogens is 183 g/mol. The molecule has 0 aliphatic carbocycles. The molecule has 0 aromatic carbocycles. The maximum atomic E-state index is 10.1. The standard InChI is InChI=1S/C4H10O5S.Na.H/c1-2-3-4(5,6)10(7,8)9;;/h5-6H,2-3H2,1H3,(H,7,8,9);;. The molecule has 3 N–H and O–H groups in total. The Morgan fingerprint density at radius 3 is 1.82 bits per heavy atom. The molecule has 0 amide bonds. The Labute approximate surface area is 87.5 Å². The molecule has 0 saturated heterocycles. The molecule has 0 saturated carbocycles. The Morgan fingerprint density at radius 1 is 1.36 bits per heavy atom. The Hall–Kier alpha value is 0.830. The first-order chi connectivity index (χ1) is 4.31. The van der Waals surface area contributed by atoms with E-state index in [1.807, 2.05) is 0 Å². The third-order valence-corrected chi connectivity index (χ3v) is 2.02. The van der Waals surface area contributed by atoms with Crippen LogP contribution in [0, 0.1) is 0 Å². The number of aliphatic hydroxyl groups is 2. The Bertz CT molecular complexity index is 197. The van der Waals surface area contributed by atoms with Crippen molar-refractivity contribution in [3.8, 4) is 0 Å². The summed E-state index contributed by atoms with van der Waals surface area (Å²) >= 11 is 0. The predicted octanol–water partition coefficient (Wildman–Crippen LogP) is -1.34. The van der Waals surface area contributed by atoms with E-state index in [-0.39, 0.29) is 36.0 Å². The van der Waals surface area contributed by atoms with Gasteiger partial charge < -0.3 is 10.2 Å². The first-order valence-electron chi connectivity index (χ1n) is 2.73. The molecule has 0 aromatic rings. The maximum absolute atomic E-state index is 10.1. The van der Waals surface area contributed by atoms with E-state index in [4.69, 9.17) is 14.8 Å². The van der Waals surface area contributed by atoms with E-state index in [1.165, 1.54) is 0 Å². The molecular formula is C4H11NaO5S. The summed E-state index contributed by atoms with van der Waals surface area (Å²) in [6.07, 6.45) is -0.140. The Kier molecular flexibility index (Phi) is 6.21. The van der Waals surface area contributed by atoms with Crippen LogP contribution in [0.2, 0.25) is 0 Å². The van der Waals surface area contributed by atoms with E-state index in [0.717, 1.165) is 0 Å². The molecule has 0 unspecified atom stereocenters. The molecule has 0 aromatic heterocycles. The third-order valence-electron chi connectivity index (χ3n) is 0.989. The summed E-state index contributed by atoms with van der Waals surface area (Å²) in [5.74, 6) is 0. The molecule has 0 fully saturated rings. The van der Waals surface area contributed by atoms with Crippen LogP contribution in [-0.4, -0.2) is 57.9 Å². The van der Waals surface area contributed by atoms with Gasteiger partial charge >= 0.3 is 39.7 Å². The quantitative estimate of drug-likeness (QED) is 0.294. The summed E-state index contributed by atoms with van der Waals surface area (Å²) in [5, 5.41) is 14.2. The minimum atomic E-state index is -4.75. The molecule has 0 radical (unpaired) electrons. The average Bonchev–Trinajstić information content (AvgIpc) is 1.61. The Balaban J connectivity index is 0. The molecule has 0 heterocycles. The van der Waals surface area contributed by atoms with Gasteiger partial charge in [-0.25, -0.2) is 0 Å². The average molecular weight is 194 g/mol. The summed E-state index contributed by atoms with van der Waals surface area (Å²) in [5.41, 5.74) is 0.